The maximum atomic E-state index is 13.1. The molecule has 0 bridgehead atoms. The highest BCUT2D eigenvalue weighted by molar-refractivity contribution is 7.10. The highest BCUT2D eigenvalue weighted by atomic mass is 32.1. The van der Waals surface area contributed by atoms with E-state index in [1.54, 1.807) is 0 Å². The first-order chi connectivity index (χ1) is 13.2. The molecular formula is C22H25N3OS. The molecule has 1 amide bonds. The molecule has 4 rings (SSSR count). The summed E-state index contributed by atoms with van der Waals surface area (Å²) in [6.07, 6.45) is 4.76. The molecule has 5 heteroatoms. The summed E-state index contributed by atoms with van der Waals surface area (Å²) >= 11 is 1.45. The zero-order valence-electron chi connectivity index (χ0n) is 15.7. The molecular weight excluding hydrogens is 354 g/mol. The number of amides is 1. The quantitative estimate of drug-likeness (QED) is 0.792. The van der Waals surface area contributed by atoms with Gasteiger partial charge in [0.1, 0.15) is 10.9 Å². The largest absolute Gasteiger partial charge is 0.334 e. The van der Waals surface area contributed by atoms with Crippen molar-refractivity contribution in [2.75, 3.05) is 19.6 Å². The number of carbonyl (C=O) groups excluding carboxylic acids is 1. The molecule has 2 saturated heterocycles. The summed E-state index contributed by atoms with van der Waals surface area (Å²) in [5.74, 6) is 0.152. The molecule has 0 spiro atoms. The highest BCUT2D eigenvalue weighted by Gasteiger charge is 2.32. The van der Waals surface area contributed by atoms with E-state index in [9.17, 15) is 4.79 Å². The first-order valence-corrected chi connectivity index (χ1v) is 10.7. The monoisotopic (exact) mass is 379 g/mol. The Labute approximate surface area is 165 Å². The fourth-order valence-electron chi connectivity index (χ4n) is 4.34. The van der Waals surface area contributed by atoms with E-state index in [0.717, 1.165) is 42.6 Å². The molecule has 2 fully saturated rings. The van der Waals surface area contributed by atoms with Crippen LogP contribution in [0.3, 0.4) is 0 Å². The van der Waals surface area contributed by atoms with E-state index in [1.165, 1.54) is 30.7 Å². The topological polar surface area (TPSA) is 47.3 Å². The molecule has 3 heterocycles. The minimum atomic E-state index is 0.152. The van der Waals surface area contributed by atoms with Crippen molar-refractivity contribution in [1.29, 1.82) is 5.26 Å². The predicted molar refractivity (Wildman–Crippen MR) is 109 cm³/mol. The third kappa shape index (κ3) is 3.78. The summed E-state index contributed by atoms with van der Waals surface area (Å²) in [4.78, 5) is 18.4. The summed E-state index contributed by atoms with van der Waals surface area (Å²) in [5.41, 5.74) is 2.85. The standard InChI is InChI=1S/C22H25N3OS/c1-16-4-2-10-24(16)14-20-5-3-11-25(20)22(26)18-8-6-17(7-9-18)19-12-21(13-23)27-15-19/h6-9,12,15-16,20H,2-5,10-11,14H2,1H3/t16-,20?/m0/s1. The molecule has 2 aliphatic rings. The normalized spacial score (nSPS) is 22.9. The molecule has 0 radical (unpaired) electrons. The lowest BCUT2D eigenvalue weighted by Crippen LogP contribution is -2.44. The van der Waals surface area contributed by atoms with Gasteiger partial charge >= 0.3 is 0 Å². The second kappa shape index (κ2) is 7.84. The molecule has 1 aromatic carbocycles. The lowest BCUT2D eigenvalue weighted by atomic mass is 10.1. The van der Waals surface area contributed by atoms with E-state index in [1.807, 2.05) is 35.7 Å². The number of hydrogen-bond donors (Lipinski definition) is 0. The molecule has 0 aliphatic carbocycles. The van der Waals surface area contributed by atoms with Crippen LogP contribution in [0.4, 0.5) is 0 Å². The Morgan fingerprint density at radius 1 is 1.19 bits per heavy atom. The molecule has 1 unspecified atom stereocenters. The lowest BCUT2D eigenvalue weighted by molar-refractivity contribution is 0.0697. The zero-order chi connectivity index (χ0) is 18.8. The van der Waals surface area contributed by atoms with E-state index in [2.05, 4.69) is 22.8 Å². The van der Waals surface area contributed by atoms with Crippen molar-refractivity contribution in [3.05, 3.63) is 46.2 Å². The average Bonchev–Trinajstić information content (AvgIpc) is 3.43. The molecule has 2 aliphatic heterocycles. The average molecular weight is 380 g/mol. The molecule has 2 aromatic rings. The van der Waals surface area contributed by atoms with Crippen molar-refractivity contribution < 1.29 is 4.79 Å². The number of thiophene rings is 1. The molecule has 0 N–H and O–H groups in total. The third-order valence-corrected chi connectivity index (χ3v) is 6.78. The summed E-state index contributed by atoms with van der Waals surface area (Å²) in [7, 11) is 0. The fourth-order valence-corrected chi connectivity index (χ4v) is 5.05. The number of likely N-dealkylation sites (tertiary alicyclic amines) is 2. The van der Waals surface area contributed by atoms with Crippen LogP contribution >= 0.6 is 11.3 Å². The SMILES string of the molecule is C[C@H]1CCCN1CC1CCCN1C(=O)c1ccc(-c2csc(C#N)c2)cc1. The van der Waals surface area contributed by atoms with Crippen LogP contribution in [-0.2, 0) is 0 Å². The number of nitriles is 1. The molecule has 0 saturated carbocycles. The first-order valence-electron chi connectivity index (χ1n) is 9.80. The van der Waals surface area contributed by atoms with Gasteiger partial charge in [0.15, 0.2) is 0 Å². The Kier molecular flexibility index (Phi) is 5.29. The first kappa shape index (κ1) is 18.2. The summed E-state index contributed by atoms with van der Waals surface area (Å²) in [5, 5.41) is 11.0. The number of nitrogens with zero attached hydrogens (tertiary/aromatic N) is 3. The van der Waals surface area contributed by atoms with Gasteiger partial charge in [0.25, 0.3) is 5.91 Å². The number of carbonyl (C=O) groups is 1. The van der Waals surface area contributed by atoms with Crippen molar-refractivity contribution in [3.8, 4) is 17.2 Å². The lowest BCUT2D eigenvalue weighted by Gasteiger charge is -2.30. The summed E-state index contributed by atoms with van der Waals surface area (Å²) in [6, 6.07) is 12.9. The van der Waals surface area contributed by atoms with E-state index in [0.29, 0.717) is 17.0 Å². The number of rotatable bonds is 4. The Morgan fingerprint density at radius 3 is 2.63 bits per heavy atom. The number of hydrogen-bond acceptors (Lipinski definition) is 4. The molecule has 4 nitrogen and oxygen atoms in total. The second-order valence-electron chi connectivity index (χ2n) is 7.67. The Morgan fingerprint density at radius 2 is 1.96 bits per heavy atom. The van der Waals surface area contributed by atoms with Gasteiger partial charge in [0, 0.05) is 30.7 Å². The van der Waals surface area contributed by atoms with Crippen LogP contribution in [-0.4, -0.2) is 47.4 Å². The van der Waals surface area contributed by atoms with E-state index < -0.39 is 0 Å². The van der Waals surface area contributed by atoms with Crippen LogP contribution in [0.15, 0.2) is 35.7 Å². The van der Waals surface area contributed by atoms with Gasteiger partial charge in [-0.1, -0.05) is 12.1 Å². The van der Waals surface area contributed by atoms with Gasteiger partial charge in [-0.25, -0.2) is 0 Å². The van der Waals surface area contributed by atoms with Gasteiger partial charge in [-0.2, -0.15) is 5.26 Å². The molecule has 27 heavy (non-hydrogen) atoms. The third-order valence-electron chi connectivity index (χ3n) is 5.95. The minimum absolute atomic E-state index is 0.152. The fraction of sp³-hybridized carbons (Fsp3) is 0.455. The van der Waals surface area contributed by atoms with Gasteiger partial charge in [-0.05, 0) is 73.9 Å². The van der Waals surface area contributed by atoms with Crippen molar-refractivity contribution >= 4 is 17.2 Å². The van der Waals surface area contributed by atoms with E-state index >= 15 is 0 Å². The van der Waals surface area contributed by atoms with Gasteiger partial charge < -0.3 is 4.90 Å². The molecule has 1 aromatic heterocycles. The zero-order valence-corrected chi connectivity index (χ0v) is 16.5. The number of benzene rings is 1. The molecule has 2 atom stereocenters. The smallest absolute Gasteiger partial charge is 0.254 e. The van der Waals surface area contributed by atoms with Gasteiger partial charge in [-0.3, -0.25) is 9.69 Å². The Bertz CT molecular complexity index is 851. The van der Waals surface area contributed by atoms with Crippen LogP contribution in [0.5, 0.6) is 0 Å². The summed E-state index contributed by atoms with van der Waals surface area (Å²) < 4.78 is 0. The van der Waals surface area contributed by atoms with Gasteiger partial charge in [0.05, 0.1) is 0 Å². The van der Waals surface area contributed by atoms with Gasteiger partial charge in [0.2, 0.25) is 0 Å². The summed E-state index contributed by atoms with van der Waals surface area (Å²) in [6.45, 7) is 5.34. The Hall–Kier alpha value is -2.16. The van der Waals surface area contributed by atoms with Crippen LogP contribution in [0.25, 0.3) is 11.1 Å². The van der Waals surface area contributed by atoms with Crippen molar-refractivity contribution in [3.63, 3.8) is 0 Å². The molecule has 140 valence electrons. The van der Waals surface area contributed by atoms with Crippen molar-refractivity contribution in [2.45, 2.75) is 44.7 Å². The van der Waals surface area contributed by atoms with Crippen LogP contribution in [0.2, 0.25) is 0 Å². The van der Waals surface area contributed by atoms with Gasteiger partial charge in [-0.15, -0.1) is 11.3 Å². The predicted octanol–water partition coefficient (Wildman–Crippen LogP) is 4.38. The van der Waals surface area contributed by atoms with E-state index in [-0.39, 0.29) is 5.91 Å². The van der Waals surface area contributed by atoms with Crippen molar-refractivity contribution in [1.82, 2.24) is 9.80 Å². The van der Waals surface area contributed by atoms with Crippen molar-refractivity contribution in [2.24, 2.45) is 0 Å². The van der Waals surface area contributed by atoms with Crippen LogP contribution in [0, 0.1) is 11.3 Å². The Balaban J connectivity index is 1.46. The maximum absolute atomic E-state index is 13.1. The van der Waals surface area contributed by atoms with E-state index in [4.69, 9.17) is 5.26 Å². The second-order valence-corrected chi connectivity index (χ2v) is 8.58. The van der Waals surface area contributed by atoms with Crippen LogP contribution in [0.1, 0.15) is 47.8 Å². The maximum Gasteiger partial charge on any atom is 0.254 e. The van der Waals surface area contributed by atoms with Crippen LogP contribution < -0.4 is 0 Å². The minimum Gasteiger partial charge on any atom is -0.334 e. The highest BCUT2D eigenvalue weighted by Crippen LogP contribution is 2.27.